The first-order valence-corrected chi connectivity index (χ1v) is 8.00. The zero-order chi connectivity index (χ0) is 17.3. The highest BCUT2D eigenvalue weighted by Gasteiger charge is 2.13. The Morgan fingerprint density at radius 2 is 1.46 bits per heavy atom. The van der Waals surface area contributed by atoms with E-state index in [1.165, 1.54) is 16.7 Å². The van der Waals surface area contributed by atoms with Gasteiger partial charge in [0.05, 0.1) is 0 Å². The number of rotatable bonds is 3. The molecule has 0 spiro atoms. The summed E-state index contributed by atoms with van der Waals surface area (Å²) in [6, 6.07) is 15.5. The second kappa shape index (κ2) is 6.36. The third-order valence-electron chi connectivity index (χ3n) is 4.39. The summed E-state index contributed by atoms with van der Waals surface area (Å²) in [5.74, 6) is 0.762. The highest BCUT2D eigenvalue weighted by atomic mass is 16.3. The fraction of sp³-hybridized carbons (Fsp3) is 0.190. The molecule has 0 bridgehead atoms. The van der Waals surface area contributed by atoms with E-state index >= 15 is 0 Å². The van der Waals surface area contributed by atoms with E-state index in [0.717, 1.165) is 16.8 Å². The Bertz CT molecular complexity index is 906. The summed E-state index contributed by atoms with van der Waals surface area (Å²) in [6.45, 7) is 8.21. The van der Waals surface area contributed by atoms with E-state index in [1.54, 1.807) is 6.07 Å². The molecule has 3 nitrogen and oxygen atoms in total. The number of anilines is 1. The summed E-state index contributed by atoms with van der Waals surface area (Å²) in [5.41, 5.74) is 6.52. The van der Waals surface area contributed by atoms with Crippen LogP contribution >= 0.6 is 0 Å². The normalized spacial score (nSPS) is 10.7. The van der Waals surface area contributed by atoms with E-state index in [0.29, 0.717) is 11.5 Å². The number of hydrogen-bond acceptors (Lipinski definition) is 2. The van der Waals surface area contributed by atoms with Gasteiger partial charge < -0.3 is 9.73 Å². The van der Waals surface area contributed by atoms with E-state index in [9.17, 15) is 4.79 Å². The topological polar surface area (TPSA) is 42.2 Å². The van der Waals surface area contributed by atoms with Gasteiger partial charge in [0.1, 0.15) is 5.76 Å². The van der Waals surface area contributed by atoms with Gasteiger partial charge in [0.25, 0.3) is 5.91 Å². The van der Waals surface area contributed by atoms with Crippen LogP contribution < -0.4 is 5.32 Å². The predicted octanol–water partition coefficient (Wildman–Crippen LogP) is 5.43. The Morgan fingerprint density at radius 3 is 2.12 bits per heavy atom. The molecule has 3 aromatic rings. The Balaban J connectivity index is 1.80. The maximum absolute atomic E-state index is 12.4. The Hall–Kier alpha value is -2.81. The summed E-state index contributed by atoms with van der Waals surface area (Å²) in [5, 5.41) is 2.88. The molecule has 0 aliphatic rings. The van der Waals surface area contributed by atoms with Crippen molar-refractivity contribution < 1.29 is 9.21 Å². The molecule has 1 N–H and O–H groups in total. The third kappa shape index (κ3) is 3.25. The lowest BCUT2D eigenvalue weighted by molar-refractivity contribution is 0.0997. The van der Waals surface area contributed by atoms with E-state index in [1.807, 2.05) is 44.2 Å². The Kier molecular flexibility index (Phi) is 4.26. The van der Waals surface area contributed by atoms with Crippen LogP contribution in [0.15, 0.2) is 52.9 Å². The molecule has 0 saturated heterocycles. The Morgan fingerprint density at radius 1 is 0.792 bits per heavy atom. The number of carbonyl (C=O) groups excluding carboxylic acids is 1. The molecule has 1 heterocycles. The fourth-order valence-corrected chi connectivity index (χ4v) is 2.52. The third-order valence-corrected chi connectivity index (χ3v) is 4.39. The van der Waals surface area contributed by atoms with Crippen molar-refractivity contribution in [2.75, 3.05) is 5.32 Å². The molecule has 0 aliphatic heterocycles. The molecule has 0 saturated carbocycles. The van der Waals surface area contributed by atoms with E-state index in [2.05, 4.69) is 31.3 Å². The van der Waals surface area contributed by atoms with Crippen LogP contribution in [0.3, 0.4) is 0 Å². The maximum Gasteiger partial charge on any atom is 0.291 e. The molecule has 1 amide bonds. The van der Waals surface area contributed by atoms with E-state index in [4.69, 9.17) is 4.42 Å². The first-order valence-electron chi connectivity index (χ1n) is 8.00. The predicted molar refractivity (Wildman–Crippen MR) is 97.5 cm³/mol. The first kappa shape index (κ1) is 16.1. The summed E-state index contributed by atoms with van der Waals surface area (Å²) in [6.07, 6.45) is 0. The summed E-state index contributed by atoms with van der Waals surface area (Å²) in [4.78, 5) is 12.4. The van der Waals surface area contributed by atoms with Crippen molar-refractivity contribution in [3.63, 3.8) is 0 Å². The van der Waals surface area contributed by atoms with Gasteiger partial charge in [-0.1, -0.05) is 18.2 Å². The molecule has 0 fully saturated rings. The van der Waals surface area contributed by atoms with Gasteiger partial charge in [0.15, 0.2) is 5.76 Å². The summed E-state index contributed by atoms with van der Waals surface area (Å²) < 4.78 is 5.74. The monoisotopic (exact) mass is 319 g/mol. The van der Waals surface area contributed by atoms with Crippen molar-refractivity contribution >= 4 is 11.6 Å². The van der Waals surface area contributed by atoms with Crippen molar-refractivity contribution in [2.45, 2.75) is 27.7 Å². The maximum atomic E-state index is 12.4. The number of aryl methyl sites for hydroxylation is 4. The zero-order valence-electron chi connectivity index (χ0n) is 14.4. The number of amides is 1. The molecular weight excluding hydrogens is 298 g/mol. The minimum Gasteiger partial charge on any atom is -0.451 e. The van der Waals surface area contributed by atoms with Gasteiger partial charge in [0.2, 0.25) is 0 Å². The highest BCUT2D eigenvalue weighted by molar-refractivity contribution is 6.02. The SMILES string of the molecule is Cc1ccc(NC(=O)c2ccc(-c3ccc(C)c(C)c3)o2)cc1C. The molecule has 24 heavy (non-hydrogen) atoms. The molecule has 0 aliphatic carbocycles. The second-order valence-corrected chi connectivity index (χ2v) is 6.22. The zero-order valence-corrected chi connectivity index (χ0v) is 14.4. The van der Waals surface area contributed by atoms with Crippen LogP contribution in [0, 0.1) is 27.7 Å². The van der Waals surface area contributed by atoms with E-state index < -0.39 is 0 Å². The molecular formula is C21H21NO2. The van der Waals surface area contributed by atoms with Crippen LogP contribution in [-0.2, 0) is 0 Å². The molecule has 3 heteroatoms. The minimum absolute atomic E-state index is 0.242. The van der Waals surface area contributed by atoms with Crippen LogP contribution in [0.2, 0.25) is 0 Å². The lowest BCUT2D eigenvalue weighted by Crippen LogP contribution is -2.10. The van der Waals surface area contributed by atoms with E-state index in [-0.39, 0.29) is 5.91 Å². The molecule has 2 aromatic carbocycles. The van der Waals surface area contributed by atoms with Gasteiger partial charge in [-0.25, -0.2) is 0 Å². The molecule has 1 aromatic heterocycles. The summed E-state index contributed by atoms with van der Waals surface area (Å²) >= 11 is 0. The smallest absolute Gasteiger partial charge is 0.291 e. The number of benzene rings is 2. The fourth-order valence-electron chi connectivity index (χ4n) is 2.52. The van der Waals surface area contributed by atoms with Gasteiger partial charge in [-0.3, -0.25) is 4.79 Å². The lowest BCUT2D eigenvalue weighted by atomic mass is 10.1. The average molecular weight is 319 g/mol. The molecule has 0 atom stereocenters. The standard InChI is InChI=1S/C21H21NO2/c1-13-5-7-17(11-15(13)3)19-9-10-20(24-19)21(23)22-18-8-6-14(2)16(4)12-18/h5-12H,1-4H3,(H,22,23). The van der Waals surface area contributed by atoms with Crippen LogP contribution in [0.1, 0.15) is 32.8 Å². The molecule has 3 rings (SSSR count). The lowest BCUT2D eigenvalue weighted by Gasteiger charge is -2.06. The summed E-state index contributed by atoms with van der Waals surface area (Å²) in [7, 11) is 0. The average Bonchev–Trinajstić information content (AvgIpc) is 3.04. The van der Waals surface area contributed by atoms with Gasteiger partial charge in [-0.2, -0.15) is 0 Å². The van der Waals surface area contributed by atoms with Crippen LogP contribution in [0.4, 0.5) is 5.69 Å². The van der Waals surface area contributed by atoms with Gasteiger partial charge >= 0.3 is 0 Å². The largest absolute Gasteiger partial charge is 0.451 e. The first-order chi connectivity index (χ1) is 11.4. The minimum atomic E-state index is -0.242. The molecule has 122 valence electrons. The Labute approximate surface area is 142 Å². The van der Waals surface area contributed by atoms with Gasteiger partial charge in [-0.15, -0.1) is 0 Å². The van der Waals surface area contributed by atoms with Gasteiger partial charge in [-0.05, 0) is 80.3 Å². The van der Waals surface area contributed by atoms with Crippen LogP contribution in [0.5, 0.6) is 0 Å². The molecule has 0 unspecified atom stereocenters. The van der Waals surface area contributed by atoms with Crippen molar-refractivity contribution in [2.24, 2.45) is 0 Å². The number of nitrogens with one attached hydrogen (secondary N) is 1. The quantitative estimate of drug-likeness (QED) is 0.699. The van der Waals surface area contributed by atoms with Crippen molar-refractivity contribution in [1.82, 2.24) is 0 Å². The second-order valence-electron chi connectivity index (χ2n) is 6.22. The highest BCUT2D eigenvalue weighted by Crippen LogP contribution is 2.25. The van der Waals surface area contributed by atoms with Crippen LogP contribution in [0.25, 0.3) is 11.3 Å². The van der Waals surface area contributed by atoms with Crippen molar-refractivity contribution in [1.29, 1.82) is 0 Å². The van der Waals surface area contributed by atoms with Crippen LogP contribution in [-0.4, -0.2) is 5.91 Å². The van der Waals surface area contributed by atoms with Gasteiger partial charge in [0, 0.05) is 11.3 Å². The van der Waals surface area contributed by atoms with Crippen molar-refractivity contribution in [3.8, 4) is 11.3 Å². The number of hydrogen-bond donors (Lipinski definition) is 1. The number of carbonyl (C=O) groups is 1. The number of furan rings is 1. The molecule has 0 radical (unpaired) electrons. The van der Waals surface area contributed by atoms with Crippen molar-refractivity contribution in [3.05, 3.63) is 76.5 Å².